The molecule has 1 aromatic rings. The molecular weight excluding hydrogens is 235 g/mol. The molecule has 0 aromatic heterocycles. The maximum atomic E-state index is 10.6. The van der Waals surface area contributed by atoms with Gasteiger partial charge in [-0.1, -0.05) is 0 Å². The Morgan fingerprint density at radius 3 is 2.27 bits per heavy atom. The van der Waals surface area contributed by atoms with E-state index in [9.17, 15) is 18.5 Å². The molecule has 0 fully saturated rings. The summed E-state index contributed by atoms with van der Waals surface area (Å²) in [5, 5.41) is 10.3. The van der Waals surface area contributed by atoms with E-state index in [4.69, 9.17) is 10.3 Å². The number of nitro benzene ring substituents is 1. The van der Waals surface area contributed by atoms with Gasteiger partial charge in [0.1, 0.15) is 4.90 Å². The van der Waals surface area contributed by atoms with Crippen LogP contribution in [0.1, 0.15) is 0 Å². The van der Waals surface area contributed by atoms with Crippen LogP contribution in [0.15, 0.2) is 23.1 Å². The average Bonchev–Trinajstić information content (AvgIpc) is 2.01. The largest absolute Gasteiger partial charge is 1.00 e. The van der Waals surface area contributed by atoms with Gasteiger partial charge in [-0.3, -0.25) is 14.7 Å². The summed E-state index contributed by atoms with van der Waals surface area (Å²) in [4.78, 5) is 9.00. The number of non-ortho nitro benzene ring substituents is 1. The Hall–Kier alpha value is -0.670. The van der Waals surface area contributed by atoms with Crippen LogP contribution in [0, 0.1) is 10.1 Å². The molecule has 0 aliphatic carbocycles. The van der Waals surface area contributed by atoms with Crippen LogP contribution in [0.3, 0.4) is 0 Å². The molecule has 0 unspecified atom stereocenters. The van der Waals surface area contributed by atoms with Gasteiger partial charge in [0.2, 0.25) is 0 Å². The van der Waals surface area contributed by atoms with Gasteiger partial charge in [0.05, 0.1) is 10.6 Å². The second kappa shape index (κ2) is 4.90. The van der Waals surface area contributed by atoms with Crippen LogP contribution in [0.4, 0.5) is 11.4 Å². The predicted molar refractivity (Wildman–Crippen MR) is 47.3 cm³/mol. The molecule has 0 saturated carbocycles. The molecule has 9 heteroatoms. The summed E-state index contributed by atoms with van der Waals surface area (Å²) in [5.74, 6) is 0. The van der Waals surface area contributed by atoms with Crippen molar-refractivity contribution in [1.82, 2.24) is 0 Å². The molecule has 1 aromatic carbocycles. The molecule has 0 saturated heterocycles. The summed E-state index contributed by atoms with van der Waals surface area (Å²) in [5.41, 5.74) is 4.50. The minimum Gasteiger partial charge on any atom is -0.397 e. The third-order valence-electron chi connectivity index (χ3n) is 1.48. The maximum Gasteiger partial charge on any atom is 1.00 e. The number of hydrogen-bond acceptors (Lipinski definition) is 5. The number of nitro groups is 1. The van der Waals surface area contributed by atoms with E-state index in [1.165, 1.54) is 0 Å². The van der Waals surface area contributed by atoms with Gasteiger partial charge in [-0.05, 0) is 6.07 Å². The van der Waals surface area contributed by atoms with E-state index in [1.807, 2.05) is 0 Å². The maximum absolute atomic E-state index is 10.6. The standard InChI is InChI=1S/C6H6N2O5S.Na/c7-5-3-4(8(9)10)1-2-6(5)14(11,12)13;/h1-3H,7H2,(H,11,12,13);/q;+1. The van der Waals surface area contributed by atoms with E-state index in [0.29, 0.717) is 0 Å². The van der Waals surface area contributed by atoms with Crippen molar-refractivity contribution in [2.75, 3.05) is 5.73 Å². The third-order valence-corrected chi connectivity index (χ3v) is 2.41. The summed E-state index contributed by atoms with van der Waals surface area (Å²) in [6, 6.07) is 2.69. The van der Waals surface area contributed by atoms with Crippen LogP contribution >= 0.6 is 0 Å². The fourth-order valence-corrected chi connectivity index (χ4v) is 1.48. The predicted octanol–water partition coefficient (Wildman–Crippen LogP) is -2.57. The number of anilines is 1. The Morgan fingerprint density at radius 1 is 1.40 bits per heavy atom. The van der Waals surface area contributed by atoms with Crippen LogP contribution in [0.2, 0.25) is 0 Å². The number of benzene rings is 1. The molecule has 0 heterocycles. The number of nitrogens with zero attached hydrogens (tertiary/aromatic N) is 1. The number of rotatable bonds is 2. The fourth-order valence-electron chi connectivity index (χ4n) is 0.884. The molecule has 0 atom stereocenters. The third kappa shape index (κ3) is 3.43. The van der Waals surface area contributed by atoms with Gasteiger partial charge >= 0.3 is 29.6 Å². The zero-order chi connectivity index (χ0) is 10.9. The minimum absolute atomic E-state index is 0. The monoisotopic (exact) mass is 241 g/mol. The van der Waals surface area contributed by atoms with Crippen LogP contribution in [0.25, 0.3) is 0 Å². The summed E-state index contributed by atoms with van der Waals surface area (Å²) in [6.45, 7) is 0. The smallest absolute Gasteiger partial charge is 0.397 e. The van der Waals surface area contributed by atoms with Crippen molar-refractivity contribution in [3.63, 3.8) is 0 Å². The van der Waals surface area contributed by atoms with Crippen molar-refractivity contribution in [1.29, 1.82) is 0 Å². The second-order valence-electron chi connectivity index (χ2n) is 2.45. The van der Waals surface area contributed by atoms with Crippen molar-refractivity contribution in [2.45, 2.75) is 4.90 Å². The quantitative estimate of drug-likeness (QED) is 0.193. The van der Waals surface area contributed by atoms with E-state index in [1.54, 1.807) is 0 Å². The van der Waals surface area contributed by atoms with Gasteiger partial charge in [-0.25, -0.2) is 0 Å². The molecule has 15 heavy (non-hydrogen) atoms. The molecule has 0 aliphatic rings. The molecule has 7 nitrogen and oxygen atoms in total. The minimum atomic E-state index is -4.42. The van der Waals surface area contributed by atoms with Crippen LogP contribution in [0.5, 0.6) is 0 Å². The van der Waals surface area contributed by atoms with E-state index >= 15 is 0 Å². The number of nitrogens with two attached hydrogens (primary N) is 1. The SMILES string of the molecule is Nc1cc([N+](=O)[O-])ccc1S(=O)(=O)O.[Na+]. The molecule has 0 bridgehead atoms. The van der Waals surface area contributed by atoms with Crippen LogP contribution in [-0.2, 0) is 10.1 Å². The Balaban J connectivity index is 0.00000196. The Labute approximate surface area is 107 Å². The van der Waals surface area contributed by atoms with Crippen molar-refractivity contribution in [3.8, 4) is 0 Å². The van der Waals surface area contributed by atoms with Gasteiger partial charge < -0.3 is 5.73 Å². The van der Waals surface area contributed by atoms with Crippen molar-refractivity contribution < 1.29 is 47.5 Å². The van der Waals surface area contributed by atoms with Gasteiger partial charge in [0.25, 0.3) is 15.8 Å². The molecule has 3 N–H and O–H groups in total. The zero-order valence-corrected chi connectivity index (χ0v) is 10.6. The number of hydrogen-bond donors (Lipinski definition) is 2. The Kier molecular flexibility index (Phi) is 4.68. The van der Waals surface area contributed by atoms with Gasteiger partial charge in [0.15, 0.2) is 0 Å². The van der Waals surface area contributed by atoms with Gasteiger partial charge in [-0.15, -0.1) is 0 Å². The Bertz CT molecular complexity index is 486. The fraction of sp³-hybridized carbons (Fsp3) is 0. The summed E-state index contributed by atoms with van der Waals surface area (Å²) in [7, 11) is -4.42. The van der Waals surface area contributed by atoms with Gasteiger partial charge in [0, 0.05) is 12.1 Å². The average molecular weight is 241 g/mol. The molecule has 0 spiro atoms. The Morgan fingerprint density at radius 2 is 1.93 bits per heavy atom. The molecule has 0 radical (unpaired) electrons. The zero-order valence-electron chi connectivity index (χ0n) is 7.75. The van der Waals surface area contributed by atoms with E-state index in [0.717, 1.165) is 18.2 Å². The normalized spacial score (nSPS) is 10.5. The molecular formula is C6H6N2NaO5S+. The van der Waals surface area contributed by atoms with Crippen LogP contribution < -0.4 is 35.3 Å². The second-order valence-corrected chi connectivity index (χ2v) is 3.84. The first-order valence-electron chi connectivity index (χ1n) is 3.34. The topological polar surface area (TPSA) is 124 Å². The van der Waals surface area contributed by atoms with E-state index < -0.39 is 19.9 Å². The molecule has 1 rings (SSSR count). The van der Waals surface area contributed by atoms with Crippen molar-refractivity contribution >= 4 is 21.5 Å². The molecule has 76 valence electrons. The molecule has 0 amide bonds. The van der Waals surface area contributed by atoms with Crippen molar-refractivity contribution in [2.24, 2.45) is 0 Å². The first-order chi connectivity index (χ1) is 6.32. The summed E-state index contributed by atoms with van der Waals surface area (Å²) in [6.07, 6.45) is 0. The van der Waals surface area contributed by atoms with Crippen molar-refractivity contribution in [3.05, 3.63) is 28.3 Å². The first kappa shape index (κ1) is 14.3. The van der Waals surface area contributed by atoms with E-state index in [-0.39, 0.29) is 40.9 Å². The number of nitrogen functional groups attached to an aromatic ring is 1. The summed E-state index contributed by atoms with van der Waals surface area (Å²) < 4.78 is 29.9. The molecule has 0 aliphatic heterocycles. The first-order valence-corrected chi connectivity index (χ1v) is 4.78. The van der Waals surface area contributed by atoms with Gasteiger partial charge in [-0.2, -0.15) is 8.42 Å². The summed E-state index contributed by atoms with van der Waals surface area (Å²) >= 11 is 0. The van der Waals surface area contributed by atoms with Crippen LogP contribution in [-0.4, -0.2) is 17.9 Å². The van der Waals surface area contributed by atoms with E-state index in [2.05, 4.69) is 0 Å².